The standard InChI is InChI=1S/C16H25NO2/c1-16(2)14(12-15(16)18-3)17-10-7-11-19-13-8-5-4-6-9-13/h4-6,8-9,14-15,17H,7,10-12H2,1-3H3. The Morgan fingerprint density at radius 2 is 2.00 bits per heavy atom. The summed E-state index contributed by atoms with van der Waals surface area (Å²) in [6, 6.07) is 10.5. The van der Waals surface area contributed by atoms with E-state index in [0.29, 0.717) is 12.1 Å². The Bertz CT molecular complexity index is 378. The van der Waals surface area contributed by atoms with E-state index in [4.69, 9.17) is 9.47 Å². The molecule has 1 aliphatic carbocycles. The summed E-state index contributed by atoms with van der Waals surface area (Å²) >= 11 is 0. The quantitative estimate of drug-likeness (QED) is 0.767. The van der Waals surface area contributed by atoms with Crippen LogP contribution in [0.3, 0.4) is 0 Å². The van der Waals surface area contributed by atoms with Crippen molar-refractivity contribution in [3.05, 3.63) is 30.3 Å². The Kier molecular flexibility index (Phi) is 4.83. The fourth-order valence-corrected chi connectivity index (χ4v) is 2.69. The lowest BCUT2D eigenvalue weighted by Crippen LogP contribution is -2.60. The van der Waals surface area contributed by atoms with Crippen LogP contribution in [0, 0.1) is 5.41 Å². The highest BCUT2D eigenvalue weighted by atomic mass is 16.5. The van der Waals surface area contributed by atoms with Gasteiger partial charge in [0, 0.05) is 18.6 Å². The molecule has 0 aromatic heterocycles. The van der Waals surface area contributed by atoms with Crippen molar-refractivity contribution in [2.45, 2.75) is 38.8 Å². The molecule has 19 heavy (non-hydrogen) atoms. The highest BCUT2D eigenvalue weighted by Gasteiger charge is 2.47. The minimum Gasteiger partial charge on any atom is -0.494 e. The maximum Gasteiger partial charge on any atom is 0.119 e. The van der Waals surface area contributed by atoms with Crippen LogP contribution < -0.4 is 10.1 Å². The Morgan fingerprint density at radius 3 is 2.63 bits per heavy atom. The molecule has 0 aliphatic heterocycles. The van der Waals surface area contributed by atoms with Gasteiger partial charge in [-0.15, -0.1) is 0 Å². The molecule has 3 nitrogen and oxygen atoms in total. The Labute approximate surface area is 116 Å². The fourth-order valence-electron chi connectivity index (χ4n) is 2.69. The van der Waals surface area contributed by atoms with Gasteiger partial charge < -0.3 is 14.8 Å². The van der Waals surface area contributed by atoms with E-state index < -0.39 is 0 Å². The second-order valence-corrected chi connectivity index (χ2v) is 5.80. The van der Waals surface area contributed by atoms with E-state index in [1.54, 1.807) is 7.11 Å². The zero-order chi connectivity index (χ0) is 13.7. The molecule has 0 saturated heterocycles. The lowest BCUT2D eigenvalue weighted by atomic mass is 9.64. The summed E-state index contributed by atoms with van der Waals surface area (Å²) in [4.78, 5) is 0. The molecule has 2 atom stereocenters. The van der Waals surface area contributed by atoms with Crippen molar-refractivity contribution < 1.29 is 9.47 Å². The predicted molar refractivity (Wildman–Crippen MR) is 77.5 cm³/mol. The number of methoxy groups -OCH3 is 1. The topological polar surface area (TPSA) is 30.5 Å². The van der Waals surface area contributed by atoms with Crippen molar-refractivity contribution in [1.29, 1.82) is 0 Å². The van der Waals surface area contributed by atoms with Gasteiger partial charge in [-0.3, -0.25) is 0 Å². The van der Waals surface area contributed by atoms with Crippen LogP contribution in [0.25, 0.3) is 0 Å². The van der Waals surface area contributed by atoms with Gasteiger partial charge in [0.05, 0.1) is 12.7 Å². The van der Waals surface area contributed by atoms with E-state index in [1.807, 2.05) is 30.3 Å². The summed E-state index contributed by atoms with van der Waals surface area (Å²) in [5.41, 5.74) is 0.245. The molecular formula is C16H25NO2. The van der Waals surface area contributed by atoms with Crippen LogP contribution in [-0.4, -0.2) is 32.4 Å². The van der Waals surface area contributed by atoms with Crippen molar-refractivity contribution in [2.75, 3.05) is 20.3 Å². The summed E-state index contributed by atoms with van der Waals surface area (Å²) in [5.74, 6) is 0.950. The number of nitrogens with one attached hydrogen (secondary N) is 1. The van der Waals surface area contributed by atoms with Gasteiger partial charge in [0.1, 0.15) is 5.75 Å². The molecule has 1 N–H and O–H groups in total. The third kappa shape index (κ3) is 3.48. The minimum atomic E-state index is 0.245. The number of para-hydroxylation sites is 1. The van der Waals surface area contributed by atoms with Crippen molar-refractivity contribution in [3.63, 3.8) is 0 Å². The van der Waals surface area contributed by atoms with Gasteiger partial charge in [0.2, 0.25) is 0 Å². The molecule has 106 valence electrons. The number of rotatable bonds is 7. The average molecular weight is 263 g/mol. The number of benzene rings is 1. The summed E-state index contributed by atoms with van der Waals surface area (Å²) in [5, 5.41) is 3.60. The first-order valence-corrected chi connectivity index (χ1v) is 7.08. The Hall–Kier alpha value is -1.06. The maximum atomic E-state index is 5.67. The summed E-state index contributed by atoms with van der Waals surface area (Å²) < 4.78 is 11.1. The van der Waals surface area contributed by atoms with E-state index in [0.717, 1.165) is 31.7 Å². The maximum absolute atomic E-state index is 5.67. The molecule has 1 aliphatic rings. The van der Waals surface area contributed by atoms with Gasteiger partial charge in [-0.05, 0) is 31.5 Å². The van der Waals surface area contributed by atoms with Gasteiger partial charge in [0.25, 0.3) is 0 Å². The predicted octanol–water partition coefficient (Wildman–Crippen LogP) is 2.86. The van der Waals surface area contributed by atoms with E-state index >= 15 is 0 Å². The van der Waals surface area contributed by atoms with Crippen LogP contribution in [0.1, 0.15) is 26.7 Å². The SMILES string of the molecule is COC1CC(NCCCOc2ccccc2)C1(C)C. The fraction of sp³-hybridized carbons (Fsp3) is 0.625. The minimum absolute atomic E-state index is 0.245. The lowest BCUT2D eigenvalue weighted by molar-refractivity contribution is -0.0973. The van der Waals surface area contributed by atoms with Crippen molar-refractivity contribution in [1.82, 2.24) is 5.32 Å². The highest BCUT2D eigenvalue weighted by molar-refractivity contribution is 5.20. The third-order valence-corrected chi connectivity index (χ3v) is 4.19. The van der Waals surface area contributed by atoms with Gasteiger partial charge in [-0.2, -0.15) is 0 Å². The van der Waals surface area contributed by atoms with E-state index in [-0.39, 0.29) is 5.41 Å². The summed E-state index contributed by atoms with van der Waals surface area (Å²) in [7, 11) is 1.80. The molecule has 1 saturated carbocycles. The van der Waals surface area contributed by atoms with Gasteiger partial charge in [0.15, 0.2) is 0 Å². The normalized spacial score (nSPS) is 24.8. The van der Waals surface area contributed by atoms with Gasteiger partial charge >= 0.3 is 0 Å². The second-order valence-electron chi connectivity index (χ2n) is 5.80. The van der Waals surface area contributed by atoms with Crippen molar-refractivity contribution in [3.8, 4) is 5.75 Å². The highest BCUT2D eigenvalue weighted by Crippen LogP contribution is 2.42. The van der Waals surface area contributed by atoms with Crippen molar-refractivity contribution >= 4 is 0 Å². The summed E-state index contributed by atoms with van der Waals surface area (Å²) in [6.07, 6.45) is 2.54. The first-order valence-electron chi connectivity index (χ1n) is 7.08. The summed E-state index contributed by atoms with van der Waals surface area (Å²) in [6.45, 7) is 6.29. The molecule has 1 aromatic carbocycles. The molecule has 3 heteroatoms. The molecule has 0 bridgehead atoms. The molecule has 1 fully saturated rings. The third-order valence-electron chi connectivity index (χ3n) is 4.19. The van der Waals surface area contributed by atoms with E-state index in [9.17, 15) is 0 Å². The lowest BCUT2D eigenvalue weighted by Gasteiger charge is -2.51. The van der Waals surface area contributed by atoms with Crippen molar-refractivity contribution in [2.24, 2.45) is 5.41 Å². The largest absolute Gasteiger partial charge is 0.494 e. The van der Waals surface area contributed by atoms with Crippen LogP contribution in [0.5, 0.6) is 5.75 Å². The number of hydrogen-bond donors (Lipinski definition) is 1. The zero-order valence-electron chi connectivity index (χ0n) is 12.2. The second kappa shape index (κ2) is 6.40. The smallest absolute Gasteiger partial charge is 0.119 e. The molecule has 2 rings (SSSR count). The molecular weight excluding hydrogens is 238 g/mol. The first-order chi connectivity index (χ1) is 9.14. The Balaban J connectivity index is 1.58. The molecule has 1 aromatic rings. The monoisotopic (exact) mass is 263 g/mol. The van der Waals surface area contributed by atoms with E-state index in [2.05, 4.69) is 19.2 Å². The number of ether oxygens (including phenoxy) is 2. The van der Waals surface area contributed by atoms with Crippen LogP contribution in [0.4, 0.5) is 0 Å². The van der Waals surface area contributed by atoms with Gasteiger partial charge in [-0.1, -0.05) is 32.0 Å². The molecule has 0 amide bonds. The Morgan fingerprint density at radius 1 is 1.26 bits per heavy atom. The van der Waals surface area contributed by atoms with Crippen LogP contribution >= 0.6 is 0 Å². The molecule has 0 heterocycles. The zero-order valence-corrected chi connectivity index (χ0v) is 12.2. The average Bonchev–Trinajstić information content (AvgIpc) is 2.42. The molecule has 0 spiro atoms. The number of hydrogen-bond acceptors (Lipinski definition) is 3. The van der Waals surface area contributed by atoms with Gasteiger partial charge in [-0.25, -0.2) is 0 Å². The van der Waals surface area contributed by atoms with Crippen LogP contribution in [0.15, 0.2) is 30.3 Å². The first kappa shape index (κ1) is 14.4. The molecule has 0 radical (unpaired) electrons. The van der Waals surface area contributed by atoms with Crippen LogP contribution in [-0.2, 0) is 4.74 Å². The molecule has 2 unspecified atom stereocenters. The van der Waals surface area contributed by atoms with Crippen LogP contribution in [0.2, 0.25) is 0 Å². The van der Waals surface area contributed by atoms with E-state index in [1.165, 1.54) is 0 Å².